The summed E-state index contributed by atoms with van der Waals surface area (Å²) in [6.45, 7) is 5.17. The third-order valence-corrected chi connectivity index (χ3v) is 3.23. The van der Waals surface area contributed by atoms with Crippen LogP contribution < -0.4 is 5.32 Å². The van der Waals surface area contributed by atoms with E-state index in [1.54, 1.807) is 0 Å². The maximum absolute atomic E-state index is 6.02. The average molecular weight is 290 g/mol. The molecule has 0 unspecified atom stereocenters. The van der Waals surface area contributed by atoms with Crippen molar-refractivity contribution in [3.8, 4) is 0 Å². The molecule has 1 aromatic carbocycles. The number of aryl methyl sites for hydroxylation is 1. The number of nitrogens with one attached hydrogen (secondary N) is 1. The second kappa shape index (κ2) is 7.25. The molecule has 0 aliphatic heterocycles. The Bertz CT molecular complexity index is 569. The molecule has 1 aromatic heterocycles. The predicted molar refractivity (Wildman–Crippen MR) is 84.4 cm³/mol. The van der Waals surface area contributed by atoms with Crippen molar-refractivity contribution in [2.24, 2.45) is 0 Å². The molecule has 1 heterocycles. The van der Waals surface area contributed by atoms with Gasteiger partial charge in [-0.1, -0.05) is 37.6 Å². The molecule has 0 atom stereocenters. The summed E-state index contributed by atoms with van der Waals surface area (Å²) in [4.78, 5) is 9.17. The Balaban J connectivity index is 2.21. The van der Waals surface area contributed by atoms with Crippen molar-refractivity contribution < 1.29 is 0 Å². The normalized spacial score (nSPS) is 10.6. The number of hydrogen-bond acceptors (Lipinski definition) is 3. The van der Waals surface area contributed by atoms with E-state index in [-0.39, 0.29) is 0 Å². The first-order valence-corrected chi connectivity index (χ1v) is 7.44. The summed E-state index contributed by atoms with van der Waals surface area (Å²) in [7, 11) is 0. The SMILES string of the molecule is CCCNc1cc(CC)nc(Cc2cccc(Cl)c2)n1. The average Bonchev–Trinajstić information content (AvgIpc) is 2.45. The van der Waals surface area contributed by atoms with Crippen molar-refractivity contribution in [3.05, 3.63) is 52.4 Å². The van der Waals surface area contributed by atoms with Crippen LogP contribution in [0.15, 0.2) is 30.3 Å². The molecule has 4 heteroatoms. The van der Waals surface area contributed by atoms with Crippen LogP contribution in [0.2, 0.25) is 5.02 Å². The van der Waals surface area contributed by atoms with E-state index >= 15 is 0 Å². The largest absolute Gasteiger partial charge is 0.370 e. The number of anilines is 1. The van der Waals surface area contributed by atoms with Gasteiger partial charge in [-0.05, 0) is 30.5 Å². The van der Waals surface area contributed by atoms with E-state index in [2.05, 4.69) is 29.1 Å². The van der Waals surface area contributed by atoms with E-state index in [1.165, 1.54) is 0 Å². The highest BCUT2D eigenvalue weighted by molar-refractivity contribution is 6.30. The molecule has 0 spiro atoms. The van der Waals surface area contributed by atoms with Gasteiger partial charge in [0, 0.05) is 29.7 Å². The van der Waals surface area contributed by atoms with Gasteiger partial charge in [-0.2, -0.15) is 0 Å². The fourth-order valence-corrected chi connectivity index (χ4v) is 2.20. The van der Waals surface area contributed by atoms with Crippen LogP contribution in [0.4, 0.5) is 5.82 Å². The molecular weight excluding hydrogens is 270 g/mol. The van der Waals surface area contributed by atoms with Crippen molar-refractivity contribution in [1.82, 2.24) is 9.97 Å². The highest BCUT2D eigenvalue weighted by atomic mass is 35.5. The van der Waals surface area contributed by atoms with Gasteiger partial charge in [-0.15, -0.1) is 0 Å². The van der Waals surface area contributed by atoms with Gasteiger partial charge in [0.15, 0.2) is 0 Å². The van der Waals surface area contributed by atoms with Crippen LogP contribution in [0.1, 0.15) is 37.4 Å². The second-order valence-corrected chi connectivity index (χ2v) is 5.18. The lowest BCUT2D eigenvalue weighted by Gasteiger charge is -2.09. The van der Waals surface area contributed by atoms with Gasteiger partial charge in [-0.3, -0.25) is 0 Å². The Labute approximate surface area is 125 Å². The molecule has 0 aliphatic carbocycles. The Kier molecular flexibility index (Phi) is 5.36. The first-order valence-electron chi connectivity index (χ1n) is 7.06. The molecule has 3 nitrogen and oxygen atoms in total. The van der Waals surface area contributed by atoms with Crippen LogP contribution in [0.3, 0.4) is 0 Å². The number of aromatic nitrogens is 2. The molecule has 20 heavy (non-hydrogen) atoms. The zero-order valence-corrected chi connectivity index (χ0v) is 12.7. The fourth-order valence-electron chi connectivity index (χ4n) is 1.99. The quantitative estimate of drug-likeness (QED) is 0.870. The molecule has 0 aliphatic rings. The van der Waals surface area contributed by atoms with Crippen molar-refractivity contribution in [2.75, 3.05) is 11.9 Å². The maximum atomic E-state index is 6.02. The fraction of sp³-hybridized carbons (Fsp3) is 0.375. The molecular formula is C16H20ClN3. The first-order chi connectivity index (χ1) is 9.71. The summed E-state index contributed by atoms with van der Waals surface area (Å²) in [5, 5.41) is 4.08. The highest BCUT2D eigenvalue weighted by Gasteiger charge is 2.05. The summed E-state index contributed by atoms with van der Waals surface area (Å²) in [6, 6.07) is 9.87. The topological polar surface area (TPSA) is 37.8 Å². The number of hydrogen-bond donors (Lipinski definition) is 1. The van der Waals surface area contributed by atoms with Gasteiger partial charge in [0.1, 0.15) is 11.6 Å². The molecule has 0 saturated carbocycles. The Morgan fingerprint density at radius 1 is 1.15 bits per heavy atom. The number of halogens is 1. The third kappa shape index (κ3) is 4.20. The maximum Gasteiger partial charge on any atom is 0.135 e. The Morgan fingerprint density at radius 3 is 2.70 bits per heavy atom. The number of nitrogens with zero attached hydrogens (tertiary/aromatic N) is 2. The minimum atomic E-state index is 0.704. The van der Waals surface area contributed by atoms with Crippen LogP contribution in [-0.4, -0.2) is 16.5 Å². The first kappa shape index (κ1) is 14.8. The minimum Gasteiger partial charge on any atom is -0.370 e. The molecule has 0 bridgehead atoms. The summed E-state index contributed by atoms with van der Waals surface area (Å²) >= 11 is 6.02. The number of benzene rings is 1. The lowest BCUT2D eigenvalue weighted by atomic mass is 10.1. The number of rotatable bonds is 6. The van der Waals surface area contributed by atoms with Crippen LogP contribution in [0, 0.1) is 0 Å². The summed E-state index contributed by atoms with van der Waals surface area (Å²) in [6.07, 6.45) is 2.69. The van der Waals surface area contributed by atoms with Gasteiger partial charge in [0.05, 0.1) is 0 Å². The standard InChI is InChI=1S/C16H20ClN3/c1-3-8-18-15-11-14(4-2)19-16(20-15)10-12-6-5-7-13(17)9-12/h5-7,9,11H,3-4,8,10H2,1-2H3,(H,18,19,20). The second-order valence-electron chi connectivity index (χ2n) is 4.75. The van der Waals surface area contributed by atoms with E-state index in [4.69, 9.17) is 11.6 Å². The van der Waals surface area contributed by atoms with Crippen molar-refractivity contribution in [2.45, 2.75) is 33.1 Å². The van der Waals surface area contributed by atoms with Gasteiger partial charge in [-0.25, -0.2) is 9.97 Å². The predicted octanol–water partition coefficient (Wildman–Crippen LogP) is 4.11. The van der Waals surface area contributed by atoms with Crippen LogP contribution in [0.5, 0.6) is 0 Å². The van der Waals surface area contributed by atoms with Gasteiger partial charge in [0.25, 0.3) is 0 Å². The van der Waals surface area contributed by atoms with Crippen LogP contribution in [0.25, 0.3) is 0 Å². The molecule has 0 amide bonds. The Morgan fingerprint density at radius 2 is 2.00 bits per heavy atom. The lowest BCUT2D eigenvalue weighted by molar-refractivity contribution is 0.892. The van der Waals surface area contributed by atoms with E-state index < -0.39 is 0 Å². The zero-order chi connectivity index (χ0) is 14.4. The van der Waals surface area contributed by atoms with E-state index in [9.17, 15) is 0 Å². The molecule has 0 radical (unpaired) electrons. The van der Waals surface area contributed by atoms with E-state index in [1.807, 2.05) is 30.3 Å². The monoisotopic (exact) mass is 289 g/mol. The lowest BCUT2D eigenvalue weighted by Crippen LogP contribution is -2.07. The summed E-state index contributed by atoms with van der Waals surface area (Å²) < 4.78 is 0. The molecule has 0 saturated heterocycles. The van der Waals surface area contributed by atoms with Crippen molar-refractivity contribution >= 4 is 17.4 Å². The van der Waals surface area contributed by atoms with Crippen molar-refractivity contribution in [3.63, 3.8) is 0 Å². The summed E-state index contributed by atoms with van der Waals surface area (Å²) in [5.74, 6) is 1.75. The summed E-state index contributed by atoms with van der Waals surface area (Å²) in [5.41, 5.74) is 2.20. The molecule has 106 valence electrons. The van der Waals surface area contributed by atoms with Crippen LogP contribution in [-0.2, 0) is 12.8 Å². The van der Waals surface area contributed by atoms with Gasteiger partial charge >= 0.3 is 0 Å². The zero-order valence-electron chi connectivity index (χ0n) is 12.0. The highest BCUT2D eigenvalue weighted by Crippen LogP contribution is 2.15. The molecule has 2 rings (SSSR count). The van der Waals surface area contributed by atoms with Gasteiger partial charge < -0.3 is 5.32 Å². The van der Waals surface area contributed by atoms with Crippen LogP contribution >= 0.6 is 11.6 Å². The van der Waals surface area contributed by atoms with E-state index in [0.717, 1.165) is 47.3 Å². The third-order valence-electron chi connectivity index (χ3n) is 3.00. The van der Waals surface area contributed by atoms with Crippen molar-refractivity contribution in [1.29, 1.82) is 0 Å². The molecule has 0 fully saturated rings. The molecule has 2 aromatic rings. The Hall–Kier alpha value is -1.61. The van der Waals surface area contributed by atoms with E-state index in [0.29, 0.717) is 6.42 Å². The smallest absolute Gasteiger partial charge is 0.135 e. The van der Waals surface area contributed by atoms with Gasteiger partial charge in [0.2, 0.25) is 0 Å². The minimum absolute atomic E-state index is 0.704. The molecule has 1 N–H and O–H groups in total.